The third kappa shape index (κ3) is 3.95. The summed E-state index contributed by atoms with van der Waals surface area (Å²) in [6.45, 7) is 0. The molecule has 2 aromatic heterocycles. The zero-order valence-corrected chi connectivity index (χ0v) is 15.7. The first-order valence-corrected chi connectivity index (χ1v) is 10.3. The van der Waals surface area contributed by atoms with Gasteiger partial charge < -0.3 is 10.3 Å². The fourth-order valence-corrected chi connectivity index (χ4v) is 5.33. The smallest absolute Gasteiger partial charge is 0.218 e. The van der Waals surface area contributed by atoms with Gasteiger partial charge in [-0.05, 0) is 30.3 Å². The lowest BCUT2D eigenvalue weighted by Gasteiger charge is -2.07. The number of rotatable bonds is 6. The number of nitrogens with two attached hydrogens (primary N) is 1. The molecule has 0 amide bonds. The lowest BCUT2D eigenvalue weighted by Crippen LogP contribution is -2.13. The van der Waals surface area contributed by atoms with E-state index >= 15 is 0 Å². The summed E-state index contributed by atoms with van der Waals surface area (Å²) in [6.07, 6.45) is 1.50. The predicted octanol–water partition coefficient (Wildman–Crippen LogP) is 3.12. The Balaban J connectivity index is 1.70. The monoisotopic (exact) mass is 418 g/mol. The van der Waals surface area contributed by atoms with E-state index in [1.54, 1.807) is 12.1 Å². The maximum Gasteiger partial charge on any atom is 0.218 e. The molecule has 0 aliphatic heterocycles. The maximum absolute atomic E-state index is 12.4. The molecule has 3 rings (SSSR count). The molecule has 2 N–H and O–H groups in total. The number of aromatic nitrogens is 3. The van der Waals surface area contributed by atoms with Crippen LogP contribution < -0.4 is 5.84 Å². The zero-order valence-electron chi connectivity index (χ0n) is 12.6. The highest BCUT2D eigenvalue weighted by Gasteiger charge is 2.20. The fourth-order valence-electron chi connectivity index (χ4n) is 2.02. The molecule has 0 aliphatic carbocycles. The maximum atomic E-state index is 12.4. The van der Waals surface area contributed by atoms with Crippen molar-refractivity contribution >= 4 is 44.8 Å². The van der Waals surface area contributed by atoms with Gasteiger partial charge in [0.2, 0.25) is 11.0 Å². The van der Waals surface area contributed by atoms with Crippen molar-refractivity contribution in [2.75, 3.05) is 17.3 Å². The topological polar surface area (TPSA) is 104 Å². The lowest BCUT2D eigenvalue weighted by molar-refractivity contribution is 0.574. The molecule has 132 valence electrons. The van der Waals surface area contributed by atoms with Gasteiger partial charge in [-0.2, -0.15) is 0 Å². The van der Waals surface area contributed by atoms with Crippen molar-refractivity contribution in [3.63, 3.8) is 0 Å². The molecule has 0 bridgehead atoms. The van der Waals surface area contributed by atoms with Gasteiger partial charge in [-0.25, -0.2) is 13.1 Å². The fraction of sp³-hybridized carbons (Fsp3) is 0.143. The highest BCUT2D eigenvalue weighted by Crippen LogP contribution is 2.27. The van der Waals surface area contributed by atoms with Crippen LogP contribution in [0.5, 0.6) is 0 Å². The van der Waals surface area contributed by atoms with Gasteiger partial charge in [0.1, 0.15) is 0 Å². The van der Waals surface area contributed by atoms with E-state index in [0.717, 1.165) is 11.8 Å². The second kappa shape index (κ2) is 7.28. The number of furan rings is 1. The molecule has 25 heavy (non-hydrogen) atoms. The van der Waals surface area contributed by atoms with E-state index in [1.807, 2.05) is 0 Å². The van der Waals surface area contributed by atoms with Gasteiger partial charge >= 0.3 is 0 Å². The first kappa shape index (κ1) is 18.1. The van der Waals surface area contributed by atoms with Crippen LogP contribution in [0.25, 0.3) is 11.6 Å². The average molecular weight is 419 g/mol. The molecule has 2 heterocycles. The summed E-state index contributed by atoms with van der Waals surface area (Å²) in [7, 11) is -3.59. The summed E-state index contributed by atoms with van der Waals surface area (Å²) in [5.74, 6) is 6.82. The van der Waals surface area contributed by atoms with Gasteiger partial charge in [0.25, 0.3) is 0 Å². The Bertz CT molecular complexity index is 988. The van der Waals surface area contributed by atoms with Gasteiger partial charge in [0.05, 0.1) is 21.9 Å². The quantitative estimate of drug-likeness (QED) is 0.484. The SMILES string of the molecule is Nn1c(SCCS(=O)(=O)c2cc(Cl)ccc2Cl)nnc1-c1ccco1. The van der Waals surface area contributed by atoms with E-state index in [0.29, 0.717) is 21.8 Å². The Morgan fingerprint density at radius 1 is 1.24 bits per heavy atom. The summed E-state index contributed by atoms with van der Waals surface area (Å²) < 4.78 is 31.3. The van der Waals surface area contributed by atoms with Crippen molar-refractivity contribution in [2.24, 2.45) is 0 Å². The minimum atomic E-state index is -3.59. The average Bonchev–Trinajstić information content (AvgIpc) is 3.20. The third-order valence-corrected chi connectivity index (χ3v) is 6.85. The van der Waals surface area contributed by atoms with E-state index in [1.165, 1.54) is 29.1 Å². The van der Waals surface area contributed by atoms with Gasteiger partial charge in [-0.15, -0.1) is 10.2 Å². The zero-order chi connectivity index (χ0) is 18.0. The molecule has 0 saturated carbocycles. The first-order valence-electron chi connectivity index (χ1n) is 6.93. The molecule has 0 unspecified atom stereocenters. The number of thioether (sulfide) groups is 1. The highest BCUT2D eigenvalue weighted by atomic mass is 35.5. The van der Waals surface area contributed by atoms with E-state index < -0.39 is 9.84 Å². The minimum absolute atomic E-state index is 0.00718. The number of halogens is 2. The van der Waals surface area contributed by atoms with Crippen LogP contribution in [0, 0.1) is 0 Å². The Kier molecular flexibility index (Phi) is 5.28. The second-order valence-corrected chi connectivity index (χ2v) is 8.88. The van der Waals surface area contributed by atoms with Crippen LogP contribution in [0.3, 0.4) is 0 Å². The highest BCUT2D eigenvalue weighted by molar-refractivity contribution is 8.00. The normalized spacial score (nSPS) is 11.8. The van der Waals surface area contributed by atoms with Crippen molar-refractivity contribution in [1.82, 2.24) is 14.9 Å². The number of sulfone groups is 1. The van der Waals surface area contributed by atoms with Gasteiger partial charge in [-0.3, -0.25) is 0 Å². The molecule has 11 heteroatoms. The molecule has 7 nitrogen and oxygen atoms in total. The van der Waals surface area contributed by atoms with Gasteiger partial charge in [-0.1, -0.05) is 35.0 Å². The number of hydrogen-bond donors (Lipinski definition) is 1. The van der Waals surface area contributed by atoms with E-state index in [-0.39, 0.29) is 21.4 Å². The number of hydrogen-bond acceptors (Lipinski definition) is 7. The molecule has 0 aliphatic rings. The van der Waals surface area contributed by atoms with Gasteiger partial charge in [0, 0.05) is 10.8 Å². The van der Waals surface area contributed by atoms with Crippen LogP contribution in [-0.4, -0.2) is 34.8 Å². The predicted molar refractivity (Wildman–Crippen MR) is 97.1 cm³/mol. The van der Waals surface area contributed by atoms with Crippen LogP contribution >= 0.6 is 35.0 Å². The first-order chi connectivity index (χ1) is 11.9. The third-order valence-electron chi connectivity index (χ3n) is 3.22. The summed E-state index contributed by atoms with van der Waals surface area (Å²) in [5.41, 5.74) is 0. The van der Waals surface area contributed by atoms with Crippen molar-refractivity contribution in [1.29, 1.82) is 0 Å². The van der Waals surface area contributed by atoms with Gasteiger partial charge in [0.15, 0.2) is 15.6 Å². The van der Waals surface area contributed by atoms with Crippen LogP contribution in [0.15, 0.2) is 51.1 Å². The van der Waals surface area contributed by atoms with Crippen molar-refractivity contribution in [3.05, 3.63) is 46.6 Å². The Morgan fingerprint density at radius 2 is 2.04 bits per heavy atom. The van der Waals surface area contributed by atoms with Crippen LogP contribution in [-0.2, 0) is 9.84 Å². The largest absolute Gasteiger partial charge is 0.461 e. The van der Waals surface area contributed by atoms with Crippen molar-refractivity contribution < 1.29 is 12.8 Å². The van der Waals surface area contributed by atoms with E-state index in [9.17, 15) is 8.42 Å². The standard InChI is InChI=1S/C14H12Cl2N4O3S2/c15-9-3-4-10(16)12(8-9)25(21,22)7-6-24-14-19-18-13(20(14)17)11-2-1-5-23-11/h1-5,8H,6-7,17H2. The summed E-state index contributed by atoms with van der Waals surface area (Å²) in [6, 6.07) is 7.73. The summed E-state index contributed by atoms with van der Waals surface area (Å²) >= 11 is 13.0. The Labute approximate surface area is 158 Å². The minimum Gasteiger partial charge on any atom is -0.461 e. The van der Waals surface area contributed by atoms with Crippen LogP contribution in [0.2, 0.25) is 10.0 Å². The summed E-state index contributed by atoms with van der Waals surface area (Å²) in [5, 5.41) is 8.70. The molecule has 1 aromatic carbocycles. The molecule has 0 saturated heterocycles. The number of nitrogen functional groups attached to an aromatic ring is 1. The van der Waals surface area contributed by atoms with Crippen molar-refractivity contribution in [2.45, 2.75) is 10.1 Å². The molecule has 0 spiro atoms. The number of benzene rings is 1. The Morgan fingerprint density at radius 3 is 2.76 bits per heavy atom. The van der Waals surface area contributed by atoms with E-state index in [4.69, 9.17) is 33.5 Å². The molecular weight excluding hydrogens is 407 g/mol. The van der Waals surface area contributed by atoms with Crippen LogP contribution in [0.4, 0.5) is 0 Å². The molecule has 3 aromatic rings. The molecule has 0 radical (unpaired) electrons. The van der Waals surface area contributed by atoms with Crippen LogP contribution in [0.1, 0.15) is 0 Å². The molecule has 0 fully saturated rings. The molecule has 0 atom stereocenters. The van der Waals surface area contributed by atoms with E-state index in [2.05, 4.69) is 10.2 Å². The molecular formula is C14H12Cl2N4O3S2. The number of nitrogens with zero attached hydrogens (tertiary/aromatic N) is 3. The van der Waals surface area contributed by atoms with Crippen molar-refractivity contribution in [3.8, 4) is 11.6 Å². The Hall–Kier alpha value is -1.68. The summed E-state index contributed by atoms with van der Waals surface area (Å²) in [4.78, 5) is 0.00718. The lowest BCUT2D eigenvalue weighted by atomic mass is 10.4. The second-order valence-electron chi connectivity index (χ2n) is 4.90.